The van der Waals surface area contributed by atoms with Crippen molar-refractivity contribution in [1.29, 1.82) is 0 Å². The molecule has 1 heteroatoms. The second-order valence-electron chi connectivity index (χ2n) is 6.60. The Hall–Kier alpha value is -1.42. The van der Waals surface area contributed by atoms with Crippen LogP contribution < -0.4 is 0 Å². The largest absolute Gasteiger partial charge is 0.375 e. The van der Waals surface area contributed by atoms with Crippen molar-refractivity contribution in [3.8, 4) is 12.3 Å². The molecule has 0 heterocycles. The molecule has 136 valence electrons. The first-order valence-corrected chi connectivity index (χ1v) is 9.86. The van der Waals surface area contributed by atoms with E-state index in [1.807, 2.05) is 13.0 Å². The first-order chi connectivity index (χ1) is 11.6. The zero-order chi connectivity index (χ0) is 18.2. The summed E-state index contributed by atoms with van der Waals surface area (Å²) < 4.78 is 0. The molecule has 0 saturated carbocycles. The van der Waals surface area contributed by atoms with E-state index in [4.69, 9.17) is 6.42 Å². The smallest absolute Gasteiger partial charge is 0.0172 e. The van der Waals surface area contributed by atoms with Gasteiger partial charge < -0.3 is 4.90 Å². The predicted molar refractivity (Wildman–Crippen MR) is 110 cm³/mol. The Bertz CT molecular complexity index is 416. The minimum absolute atomic E-state index is 0.634. The molecule has 0 aliphatic rings. The minimum atomic E-state index is 0.634. The van der Waals surface area contributed by atoms with E-state index >= 15 is 0 Å². The van der Waals surface area contributed by atoms with Crippen molar-refractivity contribution in [2.75, 3.05) is 13.1 Å². The number of hydrogen-bond acceptors (Lipinski definition) is 1. The van der Waals surface area contributed by atoms with E-state index in [-0.39, 0.29) is 0 Å². The summed E-state index contributed by atoms with van der Waals surface area (Å²) in [6.07, 6.45) is 21.1. The lowest BCUT2D eigenvalue weighted by molar-refractivity contribution is 0.286. The number of hydrogen-bond donors (Lipinski definition) is 0. The number of unbranched alkanes of at least 4 members (excludes halogenated alkanes) is 1. The van der Waals surface area contributed by atoms with Gasteiger partial charge in [-0.1, -0.05) is 58.3 Å². The molecule has 0 spiro atoms. The fourth-order valence-corrected chi connectivity index (χ4v) is 3.27. The number of rotatable bonds is 14. The first kappa shape index (κ1) is 22.6. The van der Waals surface area contributed by atoms with Crippen molar-refractivity contribution in [2.45, 2.75) is 79.1 Å². The fourth-order valence-electron chi connectivity index (χ4n) is 3.27. The summed E-state index contributed by atoms with van der Waals surface area (Å²) in [6.45, 7) is 15.6. The predicted octanol–water partition coefficient (Wildman–Crippen LogP) is 6.73. The van der Waals surface area contributed by atoms with Gasteiger partial charge in [-0.25, -0.2) is 0 Å². The molecule has 0 fully saturated rings. The monoisotopic (exact) mass is 329 g/mol. The fraction of sp³-hybridized carbons (Fsp3) is 0.652. The van der Waals surface area contributed by atoms with Crippen LogP contribution in [0.4, 0.5) is 0 Å². The van der Waals surface area contributed by atoms with Gasteiger partial charge >= 0.3 is 0 Å². The van der Waals surface area contributed by atoms with E-state index in [1.165, 1.54) is 56.2 Å². The van der Waals surface area contributed by atoms with E-state index in [0.717, 1.165) is 19.5 Å². The van der Waals surface area contributed by atoms with Crippen LogP contribution in [0.2, 0.25) is 0 Å². The van der Waals surface area contributed by atoms with E-state index in [1.54, 1.807) is 0 Å². The number of allylic oxidation sites excluding steroid dienone is 5. The molecule has 0 amide bonds. The Balaban J connectivity index is 4.54. The van der Waals surface area contributed by atoms with Gasteiger partial charge in [0.25, 0.3) is 0 Å². The standard InChI is InChI=1S/C23H39N/c1-7-14-22(15-8-2)17-12-13-18-23(16-9-3)21(6)24(19-10-4)20-11-5/h1,8,14-15,23H,6,9-13,16-20H2,2-5H3/b15-8-,22-14+. The average Bonchev–Trinajstić information content (AvgIpc) is 2.57. The van der Waals surface area contributed by atoms with Crippen LogP contribution in [0.5, 0.6) is 0 Å². The zero-order valence-electron chi connectivity index (χ0n) is 16.6. The summed E-state index contributed by atoms with van der Waals surface area (Å²) in [5, 5.41) is 0. The summed E-state index contributed by atoms with van der Waals surface area (Å²) in [6, 6.07) is 0. The SMILES string of the molecule is C#C/C=C(\C=C/C)CCCCC(CCC)C(=C)N(CCC)CCC. The molecule has 0 rings (SSSR count). The molecule has 24 heavy (non-hydrogen) atoms. The highest BCUT2D eigenvalue weighted by atomic mass is 15.1. The quantitative estimate of drug-likeness (QED) is 0.194. The molecule has 0 aromatic heterocycles. The highest BCUT2D eigenvalue weighted by Crippen LogP contribution is 2.26. The molecule has 1 nitrogen and oxygen atoms in total. The number of nitrogens with zero attached hydrogens (tertiary/aromatic N) is 1. The minimum Gasteiger partial charge on any atom is -0.375 e. The van der Waals surface area contributed by atoms with Crippen LogP contribution in [0, 0.1) is 18.3 Å². The maximum Gasteiger partial charge on any atom is 0.0172 e. The third kappa shape index (κ3) is 9.66. The Morgan fingerprint density at radius 2 is 1.75 bits per heavy atom. The van der Waals surface area contributed by atoms with Gasteiger partial charge in [0.2, 0.25) is 0 Å². The lowest BCUT2D eigenvalue weighted by Crippen LogP contribution is -2.28. The second kappa shape index (κ2) is 15.1. The average molecular weight is 330 g/mol. The van der Waals surface area contributed by atoms with Gasteiger partial charge in [-0.05, 0) is 63.0 Å². The molecule has 0 N–H and O–H groups in total. The van der Waals surface area contributed by atoms with Gasteiger partial charge in [-0.2, -0.15) is 0 Å². The van der Waals surface area contributed by atoms with Crippen molar-refractivity contribution in [1.82, 2.24) is 4.90 Å². The van der Waals surface area contributed by atoms with Gasteiger partial charge in [-0.15, -0.1) is 6.42 Å². The third-order valence-corrected chi connectivity index (χ3v) is 4.42. The van der Waals surface area contributed by atoms with E-state index in [9.17, 15) is 0 Å². The maximum atomic E-state index is 5.40. The Morgan fingerprint density at radius 3 is 2.25 bits per heavy atom. The zero-order valence-corrected chi connectivity index (χ0v) is 16.6. The van der Waals surface area contributed by atoms with Crippen molar-refractivity contribution in [2.24, 2.45) is 5.92 Å². The van der Waals surface area contributed by atoms with Crippen LogP contribution in [-0.4, -0.2) is 18.0 Å². The molecule has 0 aromatic carbocycles. The van der Waals surface area contributed by atoms with Crippen LogP contribution in [0.25, 0.3) is 0 Å². The lowest BCUT2D eigenvalue weighted by atomic mass is 9.92. The molecule has 0 aliphatic carbocycles. The van der Waals surface area contributed by atoms with Crippen molar-refractivity contribution >= 4 is 0 Å². The normalized spacial score (nSPS) is 13.0. The van der Waals surface area contributed by atoms with Gasteiger partial charge in [0, 0.05) is 18.8 Å². The molecule has 1 atom stereocenters. The summed E-state index contributed by atoms with van der Waals surface area (Å²) in [7, 11) is 0. The van der Waals surface area contributed by atoms with Crippen LogP contribution in [0.15, 0.2) is 36.1 Å². The Labute approximate surface area is 151 Å². The molecular formula is C23H39N. The Kier molecular flexibility index (Phi) is 14.2. The molecular weight excluding hydrogens is 290 g/mol. The van der Waals surface area contributed by atoms with E-state index < -0.39 is 0 Å². The van der Waals surface area contributed by atoms with Gasteiger partial charge in [0.1, 0.15) is 0 Å². The third-order valence-electron chi connectivity index (χ3n) is 4.42. The summed E-state index contributed by atoms with van der Waals surface area (Å²) in [4.78, 5) is 2.52. The molecule has 1 unspecified atom stereocenters. The molecule has 0 saturated heterocycles. The second-order valence-corrected chi connectivity index (χ2v) is 6.60. The van der Waals surface area contributed by atoms with Gasteiger partial charge in [-0.3, -0.25) is 0 Å². The van der Waals surface area contributed by atoms with Crippen LogP contribution in [-0.2, 0) is 0 Å². The van der Waals surface area contributed by atoms with Crippen molar-refractivity contribution in [3.05, 3.63) is 36.1 Å². The molecule has 0 radical (unpaired) electrons. The Morgan fingerprint density at radius 1 is 1.08 bits per heavy atom. The topological polar surface area (TPSA) is 3.24 Å². The summed E-state index contributed by atoms with van der Waals surface area (Å²) in [5.41, 5.74) is 2.64. The van der Waals surface area contributed by atoms with Gasteiger partial charge in [0.05, 0.1) is 0 Å². The van der Waals surface area contributed by atoms with Crippen LogP contribution >= 0.6 is 0 Å². The lowest BCUT2D eigenvalue weighted by Gasteiger charge is -2.31. The van der Waals surface area contributed by atoms with Crippen LogP contribution in [0.1, 0.15) is 79.1 Å². The van der Waals surface area contributed by atoms with Crippen molar-refractivity contribution in [3.63, 3.8) is 0 Å². The highest BCUT2D eigenvalue weighted by Gasteiger charge is 2.16. The van der Waals surface area contributed by atoms with Crippen LogP contribution in [0.3, 0.4) is 0 Å². The maximum absolute atomic E-state index is 5.40. The first-order valence-electron chi connectivity index (χ1n) is 9.86. The summed E-state index contributed by atoms with van der Waals surface area (Å²) in [5.74, 6) is 3.28. The number of terminal acetylenes is 1. The van der Waals surface area contributed by atoms with Gasteiger partial charge in [0.15, 0.2) is 0 Å². The summed E-state index contributed by atoms with van der Waals surface area (Å²) >= 11 is 0. The van der Waals surface area contributed by atoms with Crippen molar-refractivity contribution < 1.29 is 0 Å². The van der Waals surface area contributed by atoms with E-state index in [2.05, 4.69) is 50.3 Å². The van der Waals surface area contributed by atoms with E-state index in [0.29, 0.717) is 5.92 Å². The molecule has 0 aliphatic heterocycles. The molecule has 0 bridgehead atoms. The highest BCUT2D eigenvalue weighted by molar-refractivity contribution is 5.26. The molecule has 0 aromatic rings.